The van der Waals surface area contributed by atoms with Crippen LogP contribution in [0, 0.1) is 12.7 Å². The molecule has 0 aliphatic heterocycles. The van der Waals surface area contributed by atoms with Crippen molar-refractivity contribution in [2.75, 3.05) is 0 Å². The third-order valence-corrected chi connectivity index (χ3v) is 3.02. The topological polar surface area (TPSA) is 47.8 Å². The summed E-state index contributed by atoms with van der Waals surface area (Å²) in [4.78, 5) is 19.5. The molecule has 2 heterocycles. The van der Waals surface area contributed by atoms with E-state index in [9.17, 15) is 9.18 Å². The summed E-state index contributed by atoms with van der Waals surface area (Å²) in [6, 6.07) is 1.45. The highest BCUT2D eigenvalue weighted by molar-refractivity contribution is 6.29. The van der Waals surface area contributed by atoms with Crippen LogP contribution in [0.3, 0.4) is 0 Å². The largest absolute Gasteiger partial charge is 0.328 e. The molecule has 0 fully saturated rings. The van der Waals surface area contributed by atoms with Crippen LogP contribution in [0.25, 0.3) is 11.3 Å². The first-order valence-corrected chi connectivity index (χ1v) is 5.66. The molecular weight excluding hydrogens is 257 g/mol. The van der Waals surface area contributed by atoms with Gasteiger partial charge in [-0.25, -0.2) is 14.4 Å². The van der Waals surface area contributed by atoms with Crippen molar-refractivity contribution >= 4 is 17.4 Å². The molecule has 0 bridgehead atoms. The van der Waals surface area contributed by atoms with Crippen molar-refractivity contribution in [2.24, 2.45) is 7.05 Å². The molecule has 0 saturated heterocycles. The van der Waals surface area contributed by atoms with E-state index in [0.29, 0.717) is 17.2 Å². The molecule has 94 valence electrons. The maximum atomic E-state index is 13.9. The van der Waals surface area contributed by atoms with Crippen LogP contribution in [0.4, 0.5) is 4.39 Å². The number of carbonyl (C=O) groups excluding carboxylic acids is 1. The Labute approximate surface area is 108 Å². The molecule has 0 unspecified atom stereocenters. The van der Waals surface area contributed by atoms with Crippen LogP contribution in [0.5, 0.6) is 0 Å². The Morgan fingerprint density at radius 1 is 1.50 bits per heavy atom. The number of imidazole rings is 1. The van der Waals surface area contributed by atoms with E-state index >= 15 is 0 Å². The molecule has 2 aromatic heterocycles. The van der Waals surface area contributed by atoms with E-state index < -0.39 is 5.82 Å². The first-order chi connectivity index (χ1) is 8.43. The van der Waals surface area contributed by atoms with Gasteiger partial charge in [-0.1, -0.05) is 11.6 Å². The van der Waals surface area contributed by atoms with E-state index in [1.165, 1.54) is 19.2 Å². The van der Waals surface area contributed by atoms with Crippen molar-refractivity contribution < 1.29 is 9.18 Å². The minimum atomic E-state index is -0.667. The molecule has 18 heavy (non-hydrogen) atoms. The second-order valence-corrected chi connectivity index (χ2v) is 4.29. The molecule has 0 radical (unpaired) electrons. The van der Waals surface area contributed by atoms with Crippen LogP contribution in [0.15, 0.2) is 12.3 Å². The van der Waals surface area contributed by atoms with Gasteiger partial charge in [0.2, 0.25) is 0 Å². The Morgan fingerprint density at radius 2 is 2.17 bits per heavy atom. The van der Waals surface area contributed by atoms with Gasteiger partial charge in [-0.15, -0.1) is 0 Å². The van der Waals surface area contributed by atoms with Crippen LogP contribution >= 0.6 is 11.6 Å². The highest BCUT2D eigenvalue weighted by Gasteiger charge is 2.21. The summed E-state index contributed by atoms with van der Waals surface area (Å²) in [5, 5.41) is -0.231. The zero-order chi connectivity index (χ0) is 13.4. The predicted octanol–water partition coefficient (Wildman–Crippen LogP) is 2.79. The number of carbonyl (C=O) groups is 1. The predicted molar refractivity (Wildman–Crippen MR) is 66.1 cm³/mol. The standard InChI is InChI=1S/C12H11ClFN3O/c1-6(18)11-10(16-7(2)17(11)3)8-4-5-15-12(13)9(8)14/h4-5H,1-3H3. The van der Waals surface area contributed by atoms with Crippen molar-refractivity contribution in [3.63, 3.8) is 0 Å². The first-order valence-electron chi connectivity index (χ1n) is 5.28. The van der Waals surface area contributed by atoms with Gasteiger partial charge in [0.25, 0.3) is 0 Å². The summed E-state index contributed by atoms with van der Waals surface area (Å²) in [6.07, 6.45) is 1.38. The number of hydrogen-bond donors (Lipinski definition) is 0. The molecule has 0 aromatic carbocycles. The van der Waals surface area contributed by atoms with E-state index in [1.54, 1.807) is 18.5 Å². The summed E-state index contributed by atoms with van der Waals surface area (Å²) in [5.74, 6) is -0.220. The summed E-state index contributed by atoms with van der Waals surface area (Å²) in [6.45, 7) is 3.16. The molecule has 4 nitrogen and oxygen atoms in total. The monoisotopic (exact) mass is 267 g/mol. The number of ketones is 1. The molecule has 6 heteroatoms. The quantitative estimate of drug-likeness (QED) is 0.621. The van der Waals surface area contributed by atoms with Gasteiger partial charge < -0.3 is 4.57 Å². The van der Waals surface area contributed by atoms with Gasteiger partial charge in [0.05, 0.1) is 0 Å². The number of aryl methyl sites for hydroxylation is 1. The minimum absolute atomic E-state index is 0.180. The number of nitrogens with zero attached hydrogens (tertiary/aromatic N) is 3. The number of Topliss-reactive ketones (excluding diaryl/α,β-unsaturated/α-hetero) is 1. The van der Waals surface area contributed by atoms with E-state index in [0.717, 1.165) is 0 Å². The van der Waals surface area contributed by atoms with Gasteiger partial charge >= 0.3 is 0 Å². The third-order valence-electron chi connectivity index (χ3n) is 2.75. The first kappa shape index (κ1) is 12.7. The average molecular weight is 268 g/mol. The zero-order valence-corrected chi connectivity index (χ0v) is 10.9. The van der Waals surface area contributed by atoms with Crippen molar-refractivity contribution in [1.82, 2.24) is 14.5 Å². The van der Waals surface area contributed by atoms with Crippen LogP contribution < -0.4 is 0 Å². The molecular formula is C12H11ClFN3O. The number of hydrogen-bond acceptors (Lipinski definition) is 3. The maximum Gasteiger partial charge on any atom is 0.178 e. The molecule has 2 aromatic rings. The van der Waals surface area contributed by atoms with E-state index in [-0.39, 0.29) is 16.5 Å². The molecule has 0 saturated carbocycles. The molecule has 0 N–H and O–H groups in total. The Kier molecular flexibility index (Phi) is 3.17. The van der Waals surface area contributed by atoms with Crippen LogP contribution in [-0.4, -0.2) is 20.3 Å². The molecule has 2 rings (SSSR count). The van der Waals surface area contributed by atoms with E-state index in [2.05, 4.69) is 9.97 Å². The molecule has 0 spiro atoms. The number of rotatable bonds is 2. The van der Waals surface area contributed by atoms with Crippen molar-refractivity contribution in [3.8, 4) is 11.3 Å². The second kappa shape index (κ2) is 4.49. The fraction of sp³-hybridized carbons (Fsp3) is 0.250. The Bertz CT molecular complexity index is 636. The summed E-state index contributed by atoms with van der Waals surface area (Å²) < 4.78 is 15.5. The van der Waals surface area contributed by atoms with Gasteiger partial charge in [-0.05, 0) is 13.0 Å². The summed E-state index contributed by atoms with van der Waals surface area (Å²) >= 11 is 5.64. The third kappa shape index (κ3) is 1.90. The lowest BCUT2D eigenvalue weighted by Gasteiger charge is -2.04. The van der Waals surface area contributed by atoms with Gasteiger partial charge in [0, 0.05) is 25.7 Å². The SMILES string of the molecule is CC(=O)c1c(-c2ccnc(Cl)c2F)nc(C)n1C. The van der Waals surface area contributed by atoms with Crippen molar-refractivity contribution in [1.29, 1.82) is 0 Å². The Hall–Kier alpha value is -1.75. The normalized spacial score (nSPS) is 10.7. The summed E-state index contributed by atoms with van der Waals surface area (Å²) in [7, 11) is 1.71. The van der Waals surface area contributed by atoms with Crippen LogP contribution in [0.1, 0.15) is 23.2 Å². The second-order valence-electron chi connectivity index (χ2n) is 3.93. The lowest BCUT2D eigenvalue weighted by molar-refractivity contribution is 0.101. The Balaban J connectivity index is 2.75. The van der Waals surface area contributed by atoms with Gasteiger partial charge in [-0.3, -0.25) is 4.79 Å². The zero-order valence-electron chi connectivity index (χ0n) is 10.2. The van der Waals surface area contributed by atoms with Crippen molar-refractivity contribution in [3.05, 3.63) is 34.8 Å². The highest BCUT2D eigenvalue weighted by Crippen LogP contribution is 2.28. The molecule has 0 amide bonds. The number of aromatic nitrogens is 3. The lowest BCUT2D eigenvalue weighted by atomic mass is 10.1. The summed E-state index contributed by atoms with van der Waals surface area (Å²) in [5.41, 5.74) is 0.835. The van der Waals surface area contributed by atoms with Gasteiger partial charge in [0.1, 0.15) is 17.2 Å². The minimum Gasteiger partial charge on any atom is -0.328 e. The fourth-order valence-electron chi connectivity index (χ4n) is 1.80. The molecule has 0 aliphatic carbocycles. The Morgan fingerprint density at radius 3 is 2.78 bits per heavy atom. The smallest absolute Gasteiger partial charge is 0.178 e. The van der Waals surface area contributed by atoms with Gasteiger partial charge in [0.15, 0.2) is 16.8 Å². The fourth-order valence-corrected chi connectivity index (χ4v) is 1.96. The van der Waals surface area contributed by atoms with E-state index in [1.807, 2.05) is 0 Å². The highest BCUT2D eigenvalue weighted by atomic mass is 35.5. The van der Waals surface area contributed by atoms with Crippen LogP contribution in [-0.2, 0) is 7.05 Å². The van der Waals surface area contributed by atoms with Crippen molar-refractivity contribution in [2.45, 2.75) is 13.8 Å². The average Bonchev–Trinajstić information content (AvgIpc) is 2.59. The maximum absolute atomic E-state index is 13.9. The van der Waals surface area contributed by atoms with E-state index in [4.69, 9.17) is 11.6 Å². The lowest BCUT2D eigenvalue weighted by Crippen LogP contribution is -2.04. The molecule has 0 atom stereocenters. The van der Waals surface area contributed by atoms with Gasteiger partial charge in [-0.2, -0.15) is 0 Å². The molecule has 0 aliphatic rings. The number of pyridine rings is 1. The van der Waals surface area contributed by atoms with Crippen LogP contribution in [0.2, 0.25) is 5.15 Å². The number of halogens is 2.